The molecule has 0 radical (unpaired) electrons. The highest BCUT2D eigenvalue weighted by molar-refractivity contribution is 7.20. The standard InChI is InChI=1S/C36H28N2S.C9H11N/c1-3-10-24(11-4-1)23-38-32-20-19-31(26-18-21-34-30(22-26)28-14-7-8-17-33(28)39-34)37-35(32)29-16-9-15-27(36(29)38)25-12-5-2-6-13-25;1-8(10-2)9-6-4-3-5-7-9/h1-21,26,31,37H,22-23H2;3-7H,1-2H3. The van der Waals surface area contributed by atoms with E-state index in [1.54, 1.807) is 0 Å². The molecule has 1 aliphatic heterocycles. The second-order valence-electron chi connectivity index (χ2n) is 12.8. The maximum atomic E-state index is 4.08. The molecule has 0 saturated heterocycles. The van der Waals surface area contributed by atoms with Crippen molar-refractivity contribution < 1.29 is 0 Å². The quantitative estimate of drug-likeness (QED) is 0.184. The first-order valence-corrected chi connectivity index (χ1v) is 17.9. The van der Waals surface area contributed by atoms with Gasteiger partial charge in [0.15, 0.2) is 0 Å². The third kappa shape index (κ3) is 6.05. The minimum Gasteiger partial charge on any atom is -0.376 e. The number of nitrogens with one attached hydrogen (secondary N) is 1. The van der Waals surface area contributed by atoms with E-state index in [2.05, 4.69) is 154 Å². The first-order valence-electron chi connectivity index (χ1n) is 17.0. The normalized spacial score (nSPS) is 16.5. The third-order valence-corrected chi connectivity index (χ3v) is 11.0. The average molecular weight is 654 g/mol. The minimum atomic E-state index is 0.247. The summed E-state index contributed by atoms with van der Waals surface area (Å²) in [5.41, 5.74) is 11.4. The topological polar surface area (TPSA) is 29.3 Å². The van der Waals surface area contributed by atoms with Gasteiger partial charge in [-0.1, -0.05) is 140 Å². The zero-order valence-electron chi connectivity index (χ0n) is 27.9. The lowest BCUT2D eigenvalue weighted by atomic mass is 9.85. The van der Waals surface area contributed by atoms with Crippen LogP contribution in [-0.2, 0) is 13.0 Å². The Labute approximate surface area is 292 Å². The fraction of sp³-hybridized carbons (Fsp3) is 0.133. The fourth-order valence-corrected chi connectivity index (χ4v) is 8.38. The number of fused-ring (bicyclic) bond motifs is 6. The fourth-order valence-electron chi connectivity index (χ4n) is 7.23. The molecule has 0 bridgehead atoms. The highest BCUT2D eigenvalue weighted by Crippen LogP contribution is 2.43. The molecule has 3 heterocycles. The molecule has 0 saturated carbocycles. The summed E-state index contributed by atoms with van der Waals surface area (Å²) in [6.07, 6.45) is 10.6. The second kappa shape index (κ2) is 13.6. The van der Waals surface area contributed by atoms with Crippen LogP contribution in [0.1, 0.15) is 34.2 Å². The van der Waals surface area contributed by atoms with Crippen LogP contribution in [0, 0.1) is 5.92 Å². The largest absolute Gasteiger partial charge is 0.376 e. The van der Waals surface area contributed by atoms with Crippen molar-refractivity contribution in [1.82, 2.24) is 4.57 Å². The zero-order valence-corrected chi connectivity index (χ0v) is 28.7. The number of benzene rings is 5. The van der Waals surface area contributed by atoms with Crippen molar-refractivity contribution in [1.29, 1.82) is 0 Å². The number of aliphatic imine (C=N–C) groups is 1. The van der Waals surface area contributed by atoms with Gasteiger partial charge in [0.2, 0.25) is 0 Å². The van der Waals surface area contributed by atoms with Crippen LogP contribution in [-0.4, -0.2) is 23.4 Å². The summed E-state index contributed by atoms with van der Waals surface area (Å²) in [5, 5.41) is 6.72. The van der Waals surface area contributed by atoms with E-state index in [0.717, 1.165) is 18.7 Å². The molecule has 9 rings (SSSR count). The summed E-state index contributed by atoms with van der Waals surface area (Å²) in [7, 11) is 1.81. The number of aromatic nitrogens is 1. The summed E-state index contributed by atoms with van der Waals surface area (Å²) in [6, 6.07) is 47.6. The van der Waals surface area contributed by atoms with Gasteiger partial charge in [-0.25, -0.2) is 0 Å². The molecule has 7 aromatic rings. The van der Waals surface area contributed by atoms with Gasteiger partial charge in [0.25, 0.3) is 0 Å². The molecule has 2 aromatic heterocycles. The molecule has 0 amide bonds. The van der Waals surface area contributed by atoms with Gasteiger partial charge in [0.05, 0.1) is 22.9 Å². The summed E-state index contributed by atoms with van der Waals surface area (Å²) in [5.74, 6) is 0.407. The van der Waals surface area contributed by atoms with Crippen molar-refractivity contribution in [3.05, 3.63) is 173 Å². The number of hydrogen-bond donors (Lipinski definition) is 1. The van der Waals surface area contributed by atoms with Crippen LogP contribution in [0.3, 0.4) is 0 Å². The number of hydrogen-bond acceptors (Lipinski definition) is 3. The molecule has 4 heteroatoms. The predicted octanol–water partition coefficient (Wildman–Crippen LogP) is 11.4. The van der Waals surface area contributed by atoms with Gasteiger partial charge in [0.1, 0.15) is 0 Å². The number of rotatable bonds is 5. The number of anilines is 1. The van der Waals surface area contributed by atoms with Gasteiger partial charge in [-0.05, 0) is 59.2 Å². The number of thiophene rings is 1. The number of nitrogens with zero attached hydrogens (tertiary/aromatic N) is 2. The Kier molecular flexibility index (Phi) is 8.55. The Balaban J connectivity index is 0.000000302. The summed E-state index contributed by atoms with van der Waals surface area (Å²) in [6.45, 7) is 2.84. The monoisotopic (exact) mass is 653 g/mol. The number of para-hydroxylation sites is 1. The van der Waals surface area contributed by atoms with Crippen LogP contribution < -0.4 is 5.32 Å². The van der Waals surface area contributed by atoms with Crippen LogP contribution in [0.2, 0.25) is 0 Å². The Morgan fingerprint density at radius 3 is 2.22 bits per heavy atom. The first-order chi connectivity index (χ1) is 24.2. The second-order valence-corrected chi connectivity index (χ2v) is 13.9. The van der Waals surface area contributed by atoms with Gasteiger partial charge in [-0.2, -0.15) is 0 Å². The predicted molar refractivity (Wildman–Crippen MR) is 212 cm³/mol. The molecule has 1 aliphatic carbocycles. The van der Waals surface area contributed by atoms with E-state index in [9.17, 15) is 0 Å². The summed E-state index contributed by atoms with van der Waals surface area (Å²) >= 11 is 1.91. The van der Waals surface area contributed by atoms with E-state index in [4.69, 9.17) is 0 Å². The van der Waals surface area contributed by atoms with Crippen LogP contribution in [0.4, 0.5) is 5.69 Å². The van der Waals surface area contributed by atoms with Gasteiger partial charge in [0, 0.05) is 45.7 Å². The molecular weight excluding hydrogens is 615 g/mol. The Bertz CT molecular complexity index is 2330. The highest BCUT2D eigenvalue weighted by atomic mass is 32.1. The van der Waals surface area contributed by atoms with Crippen LogP contribution >= 0.6 is 11.3 Å². The van der Waals surface area contributed by atoms with Crippen molar-refractivity contribution in [3.63, 3.8) is 0 Å². The van der Waals surface area contributed by atoms with Gasteiger partial charge in [-0.15, -0.1) is 11.3 Å². The first kappa shape index (κ1) is 30.9. The molecule has 0 fully saturated rings. The molecule has 0 spiro atoms. The van der Waals surface area contributed by atoms with Crippen molar-refractivity contribution in [2.24, 2.45) is 10.9 Å². The van der Waals surface area contributed by atoms with Crippen molar-refractivity contribution in [3.8, 4) is 11.1 Å². The van der Waals surface area contributed by atoms with Gasteiger partial charge < -0.3 is 9.88 Å². The zero-order chi connectivity index (χ0) is 33.2. The Hall–Kier alpha value is -5.45. The molecule has 2 atom stereocenters. The van der Waals surface area contributed by atoms with E-state index in [1.807, 2.05) is 43.5 Å². The van der Waals surface area contributed by atoms with E-state index in [0.29, 0.717) is 5.92 Å². The van der Waals surface area contributed by atoms with E-state index >= 15 is 0 Å². The molecular formula is C45H39N3S. The summed E-state index contributed by atoms with van der Waals surface area (Å²) < 4.78 is 3.89. The molecule has 3 nitrogen and oxygen atoms in total. The molecule has 49 heavy (non-hydrogen) atoms. The van der Waals surface area contributed by atoms with Gasteiger partial charge >= 0.3 is 0 Å². The molecule has 2 unspecified atom stereocenters. The minimum absolute atomic E-state index is 0.247. The van der Waals surface area contributed by atoms with E-state index in [-0.39, 0.29) is 6.04 Å². The molecule has 1 N–H and O–H groups in total. The maximum Gasteiger partial charge on any atom is 0.0681 e. The van der Waals surface area contributed by atoms with Crippen molar-refractivity contribution >= 4 is 55.9 Å². The van der Waals surface area contributed by atoms with Gasteiger partial charge in [-0.3, -0.25) is 4.99 Å². The van der Waals surface area contributed by atoms with Crippen LogP contribution in [0.25, 0.3) is 44.3 Å². The van der Waals surface area contributed by atoms with Crippen molar-refractivity contribution in [2.45, 2.75) is 25.9 Å². The lowest BCUT2D eigenvalue weighted by molar-refractivity contribution is 0.600. The molecule has 2 aliphatic rings. The SMILES string of the molecule is C1=CC(C2C=Cc3c(c4cccc(-c5ccccc5)c4n3Cc3ccccc3)N2)Cc2c1sc1ccccc21.CN=C(C)c1ccccc1. The Morgan fingerprint density at radius 1 is 0.755 bits per heavy atom. The van der Waals surface area contributed by atoms with Crippen LogP contribution in [0.15, 0.2) is 151 Å². The molecule has 5 aromatic carbocycles. The average Bonchev–Trinajstić information content (AvgIpc) is 3.70. The Morgan fingerprint density at radius 2 is 1.45 bits per heavy atom. The van der Waals surface area contributed by atoms with E-state index < -0.39 is 0 Å². The lowest BCUT2D eigenvalue weighted by Gasteiger charge is -2.29. The molecule has 240 valence electrons. The van der Waals surface area contributed by atoms with Crippen molar-refractivity contribution in [2.75, 3.05) is 12.4 Å². The highest BCUT2D eigenvalue weighted by Gasteiger charge is 2.29. The summed E-state index contributed by atoms with van der Waals surface area (Å²) in [4.78, 5) is 5.49. The maximum absolute atomic E-state index is 4.08. The third-order valence-electron chi connectivity index (χ3n) is 9.82. The smallest absolute Gasteiger partial charge is 0.0681 e. The lowest BCUT2D eigenvalue weighted by Crippen LogP contribution is -2.30. The van der Waals surface area contributed by atoms with E-state index in [1.165, 1.54) is 65.1 Å². The van der Waals surface area contributed by atoms with Crippen LogP contribution in [0.5, 0.6) is 0 Å².